The molecular formula is C28H30N4O4S. The molecule has 1 saturated heterocycles. The summed E-state index contributed by atoms with van der Waals surface area (Å²) in [6.45, 7) is 5.26. The van der Waals surface area contributed by atoms with E-state index in [1.165, 1.54) is 6.08 Å². The number of ether oxygens (including phenoxy) is 1. The number of rotatable bonds is 8. The molecule has 2 aliphatic heterocycles. The van der Waals surface area contributed by atoms with Gasteiger partial charge in [0.25, 0.3) is 0 Å². The highest BCUT2D eigenvalue weighted by Crippen LogP contribution is 2.38. The van der Waals surface area contributed by atoms with Gasteiger partial charge in [-0.1, -0.05) is 24.3 Å². The Balaban J connectivity index is 1.48. The first-order valence-corrected chi connectivity index (χ1v) is 13.4. The first-order valence-electron chi connectivity index (χ1n) is 12.6. The van der Waals surface area contributed by atoms with Crippen LogP contribution in [0.3, 0.4) is 0 Å². The zero-order valence-corrected chi connectivity index (χ0v) is 21.6. The van der Waals surface area contributed by atoms with E-state index in [9.17, 15) is 14.7 Å². The minimum absolute atomic E-state index is 0.0242. The molecular weight excluding hydrogens is 488 g/mol. The lowest BCUT2D eigenvalue weighted by atomic mass is 9.97. The number of hydrogen-bond donors (Lipinski definition) is 2. The fraction of sp³-hybridized carbons (Fsp3) is 0.357. The molecule has 2 aliphatic rings. The van der Waals surface area contributed by atoms with Crippen molar-refractivity contribution in [3.8, 4) is 17.1 Å². The number of morpholine rings is 1. The highest BCUT2D eigenvalue weighted by atomic mass is 32.1. The molecule has 3 aromatic rings. The quantitative estimate of drug-likeness (QED) is 0.429. The second-order valence-corrected chi connectivity index (χ2v) is 10.2. The van der Waals surface area contributed by atoms with Crippen molar-refractivity contribution >= 4 is 44.5 Å². The number of fused-ring (bicyclic) bond motifs is 1. The highest BCUT2D eigenvalue weighted by molar-refractivity contribution is 7.20. The Morgan fingerprint density at radius 1 is 1.22 bits per heavy atom. The van der Waals surface area contributed by atoms with E-state index >= 15 is 0 Å². The van der Waals surface area contributed by atoms with Crippen molar-refractivity contribution in [1.29, 1.82) is 0 Å². The molecule has 1 atom stereocenters. The van der Waals surface area contributed by atoms with Gasteiger partial charge in [-0.15, -0.1) is 11.3 Å². The topological polar surface area (TPSA) is 105 Å². The molecule has 0 bridgehead atoms. The van der Waals surface area contributed by atoms with E-state index in [4.69, 9.17) is 14.7 Å². The number of thiophene rings is 1. The van der Waals surface area contributed by atoms with E-state index in [0.717, 1.165) is 51.6 Å². The monoisotopic (exact) mass is 518 g/mol. The summed E-state index contributed by atoms with van der Waals surface area (Å²) in [7, 11) is 0. The van der Waals surface area contributed by atoms with E-state index in [0.29, 0.717) is 25.6 Å². The van der Waals surface area contributed by atoms with Gasteiger partial charge in [-0.3, -0.25) is 9.59 Å². The third-order valence-corrected chi connectivity index (χ3v) is 7.72. The van der Waals surface area contributed by atoms with Crippen LogP contribution in [0.2, 0.25) is 0 Å². The summed E-state index contributed by atoms with van der Waals surface area (Å²) in [5, 5.41) is 13.3. The van der Waals surface area contributed by atoms with E-state index in [2.05, 4.69) is 16.3 Å². The normalized spacial score (nSPS) is 18.4. The van der Waals surface area contributed by atoms with Gasteiger partial charge in [0.15, 0.2) is 23.2 Å². The smallest absolute Gasteiger partial charge is 0.162 e. The zero-order chi connectivity index (χ0) is 25.8. The van der Waals surface area contributed by atoms with E-state index in [1.54, 1.807) is 42.5 Å². The van der Waals surface area contributed by atoms with Crippen LogP contribution in [-0.2, 0) is 14.3 Å². The SMILES string of the molecule is CC=CC(=O)CCC(=O)C1C=C(c2cc3nc(-c4cccc(O)c4)nc(N4CCOCC4)c3s2)CCN1. The molecule has 0 spiro atoms. The van der Waals surface area contributed by atoms with Gasteiger partial charge in [0, 0.05) is 42.9 Å². The van der Waals surface area contributed by atoms with Crippen LogP contribution in [0.5, 0.6) is 5.75 Å². The molecule has 4 heterocycles. The van der Waals surface area contributed by atoms with Crippen molar-refractivity contribution in [2.45, 2.75) is 32.2 Å². The summed E-state index contributed by atoms with van der Waals surface area (Å²) in [6, 6.07) is 8.65. The molecule has 1 aromatic carbocycles. The number of ketones is 2. The molecule has 1 unspecified atom stereocenters. The summed E-state index contributed by atoms with van der Waals surface area (Å²) in [6.07, 6.45) is 6.45. The number of phenolic OH excluding ortho intramolecular Hbond substituents is 1. The van der Waals surface area contributed by atoms with E-state index in [-0.39, 0.29) is 30.2 Å². The second kappa shape index (κ2) is 11.3. The lowest BCUT2D eigenvalue weighted by molar-refractivity contribution is -0.123. The largest absolute Gasteiger partial charge is 0.508 e. The van der Waals surface area contributed by atoms with Crippen molar-refractivity contribution in [1.82, 2.24) is 15.3 Å². The van der Waals surface area contributed by atoms with Gasteiger partial charge < -0.3 is 20.1 Å². The molecule has 0 radical (unpaired) electrons. The van der Waals surface area contributed by atoms with Crippen LogP contribution in [-0.4, -0.2) is 65.5 Å². The van der Waals surface area contributed by atoms with Crippen LogP contribution in [0.25, 0.3) is 27.2 Å². The molecule has 0 aliphatic carbocycles. The number of Topliss-reactive ketones (excluding diaryl/α,β-unsaturated/α-hetero) is 1. The first kappa shape index (κ1) is 25.3. The summed E-state index contributed by atoms with van der Waals surface area (Å²) >= 11 is 1.64. The van der Waals surface area contributed by atoms with Crippen LogP contribution in [0, 0.1) is 0 Å². The Labute approximate surface area is 219 Å². The van der Waals surface area contributed by atoms with Crippen LogP contribution in [0.4, 0.5) is 5.82 Å². The van der Waals surface area contributed by atoms with E-state index < -0.39 is 6.04 Å². The molecule has 37 heavy (non-hydrogen) atoms. The molecule has 8 nitrogen and oxygen atoms in total. The number of hydrogen-bond acceptors (Lipinski definition) is 9. The Morgan fingerprint density at radius 2 is 2.05 bits per heavy atom. The first-order chi connectivity index (χ1) is 18.0. The number of aromatic nitrogens is 2. The van der Waals surface area contributed by atoms with Crippen molar-refractivity contribution in [2.75, 3.05) is 37.7 Å². The van der Waals surface area contributed by atoms with Gasteiger partial charge in [0.2, 0.25) is 0 Å². The number of anilines is 1. The fourth-order valence-electron chi connectivity index (χ4n) is 4.63. The maximum Gasteiger partial charge on any atom is 0.162 e. The van der Waals surface area contributed by atoms with Crippen molar-refractivity contribution in [3.63, 3.8) is 0 Å². The number of aromatic hydroxyl groups is 1. The molecule has 0 saturated carbocycles. The van der Waals surface area contributed by atoms with Crippen molar-refractivity contribution in [3.05, 3.63) is 53.4 Å². The molecule has 5 rings (SSSR count). The van der Waals surface area contributed by atoms with Gasteiger partial charge in [0.1, 0.15) is 5.75 Å². The summed E-state index contributed by atoms with van der Waals surface area (Å²) in [5.41, 5.74) is 2.70. The maximum atomic E-state index is 12.8. The summed E-state index contributed by atoms with van der Waals surface area (Å²) in [4.78, 5) is 37.7. The van der Waals surface area contributed by atoms with Crippen LogP contribution < -0.4 is 10.2 Å². The fourth-order valence-corrected chi connectivity index (χ4v) is 5.79. The van der Waals surface area contributed by atoms with Gasteiger partial charge in [-0.05, 0) is 43.2 Å². The minimum Gasteiger partial charge on any atom is -0.508 e. The maximum absolute atomic E-state index is 12.8. The third-order valence-electron chi connectivity index (χ3n) is 6.53. The van der Waals surface area contributed by atoms with Crippen molar-refractivity contribution < 1.29 is 19.4 Å². The van der Waals surface area contributed by atoms with Gasteiger partial charge in [-0.25, -0.2) is 9.97 Å². The van der Waals surface area contributed by atoms with Gasteiger partial charge in [-0.2, -0.15) is 0 Å². The number of nitrogens with zero attached hydrogens (tertiary/aromatic N) is 3. The predicted molar refractivity (Wildman–Crippen MR) is 146 cm³/mol. The molecule has 192 valence electrons. The van der Waals surface area contributed by atoms with Crippen LogP contribution in [0.1, 0.15) is 31.1 Å². The van der Waals surface area contributed by atoms with Gasteiger partial charge in [0.05, 0.1) is 29.5 Å². The summed E-state index contributed by atoms with van der Waals surface area (Å²) < 4.78 is 6.56. The lowest BCUT2D eigenvalue weighted by Crippen LogP contribution is -2.38. The Hall–Kier alpha value is -3.40. The predicted octanol–water partition coefficient (Wildman–Crippen LogP) is 4.14. The minimum atomic E-state index is -0.403. The summed E-state index contributed by atoms with van der Waals surface area (Å²) in [5.74, 6) is 1.59. The number of carbonyl (C=O) groups excluding carboxylic acids is 2. The number of carbonyl (C=O) groups is 2. The Kier molecular flexibility index (Phi) is 7.73. The number of nitrogens with one attached hydrogen (secondary N) is 1. The second-order valence-electron chi connectivity index (χ2n) is 9.15. The lowest BCUT2D eigenvalue weighted by Gasteiger charge is -2.28. The molecule has 2 aromatic heterocycles. The Morgan fingerprint density at radius 3 is 2.84 bits per heavy atom. The van der Waals surface area contributed by atoms with Crippen LogP contribution >= 0.6 is 11.3 Å². The third kappa shape index (κ3) is 5.79. The Bertz CT molecular complexity index is 1370. The number of benzene rings is 1. The van der Waals surface area contributed by atoms with Crippen LogP contribution in [0.15, 0.2) is 48.6 Å². The zero-order valence-electron chi connectivity index (χ0n) is 20.8. The molecule has 0 amide bonds. The number of phenols is 1. The molecule has 9 heteroatoms. The average Bonchev–Trinajstić information content (AvgIpc) is 3.36. The number of allylic oxidation sites excluding steroid dienone is 2. The van der Waals surface area contributed by atoms with Gasteiger partial charge >= 0.3 is 0 Å². The molecule has 1 fully saturated rings. The molecule has 2 N–H and O–H groups in total. The standard InChI is InChI=1S/C28H30N4O4S/c1-2-4-20(33)7-8-24(35)22-16-18(9-10-29-22)25-17-23-26(37-25)28(32-11-13-36-14-12-32)31-27(30-23)19-5-3-6-21(34)15-19/h2-6,15-17,22,29,34H,7-14H2,1H3. The average molecular weight is 519 g/mol. The van der Waals surface area contributed by atoms with E-state index in [1.807, 2.05) is 12.1 Å². The van der Waals surface area contributed by atoms with Crippen molar-refractivity contribution in [2.24, 2.45) is 0 Å². The highest BCUT2D eigenvalue weighted by Gasteiger charge is 2.24.